The van der Waals surface area contributed by atoms with Gasteiger partial charge in [-0.1, -0.05) is 35.0 Å². The lowest BCUT2D eigenvalue weighted by atomic mass is 10.0. The predicted molar refractivity (Wildman–Crippen MR) is 80.0 cm³/mol. The summed E-state index contributed by atoms with van der Waals surface area (Å²) in [5.41, 5.74) is 0.753. The minimum atomic E-state index is -4.41. The maximum absolute atomic E-state index is 12.5. The first-order chi connectivity index (χ1) is 9.90. The largest absolute Gasteiger partial charge is 0.433 e. The molecule has 1 aromatic carbocycles. The first kappa shape index (κ1) is 15.8. The van der Waals surface area contributed by atoms with Gasteiger partial charge in [-0.3, -0.25) is 0 Å². The zero-order valence-corrected chi connectivity index (χ0v) is 12.9. The van der Waals surface area contributed by atoms with Crippen molar-refractivity contribution < 1.29 is 13.2 Å². The number of hydrogen-bond acceptors (Lipinski definition) is 2. The highest BCUT2D eigenvalue weighted by Crippen LogP contribution is 2.29. The summed E-state index contributed by atoms with van der Waals surface area (Å²) in [6, 6.07) is 10.2. The maximum Gasteiger partial charge on any atom is 0.433 e. The molecule has 1 aromatic heterocycles. The number of hydrogen-bond donors (Lipinski definition) is 1. The Morgan fingerprint density at radius 3 is 2.29 bits per heavy atom. The van der Waals surface area contributed by atoms with E-state index >= 15 is 0 Å². The van der Waals surface area contributed by atoms with Gasteiger partial charge in [0.1, 0.15) is 5.69 Å². The van der Waals surface area contributed by atoms with Crippen LogP contribution in [0.25, 0.3) is 0 Å². The average molecular weight is 359 g/mol. The van der Waals surface area contributed by atoms with Crippen LogP contribution in [0.15, 0.2) is 47.1 Å². The van der Waals surface area contributed by atoms with Gasteiger partial charge in [0, 0.05) is 4.47 Å². The summed E-state index contributed by atoms with van der Waals surface area (Å²) in [6.45, 7) is 2.01. The summed E-state index contributed by atoms with van der Waals surface area (Å²) < 4.78 is 38.4. The summed E-state index contributed by atoms with van der Waals surface area (Å²) in [6.07, 6.45) is -2.39. The SMILES string of the molecule is CCC(Nc1ccc(C(F)(F)F)nc1)c1ccc(Br)cc1. The van der Waals surface area contributed by atoms with Crippen molar-refractivity contribution in [1.82, 2.24) is 4.98 Å². The highest BCUT2D eigenvalue weighted by Gasteiger charge is 2.32. The predicted octanol–water partition coefficient (Wildman–Crippen LogP) is 5.43. The second kappa shape index (κ2) is 6.47. The molecule has 6 heteroatoms. The highest BCUT2D eigenvalue weighted by molar-refractivity contribution is 9.10. The summed E-state index contributed by atoms with van der Waals surface area (Å²) in [5.74, 6) is 0. The normalized spacial score (nSPS) is 13.0. The molecule has 1 atom stereocenters. The van der Waals surface area contributed by atoms with Gasteiger partial charge in [0.2, 0.25) is 0 Å². The first-order valence-corrected chi connectivity index (χ1v) is 7.24. The van der Waals surface area contributed by atoms with E-state index in [0.717, 1.165) is 22.5 Å². The van der Waals surface area contributed by atoms with Crippen molar-refractivity contribution in [2.45, 2.75) is 25.6 Å². The van der Waals surface area contributed by atoms with Crippen molar-refractivity contribution >= 4 is 21.6 Å². The molecule has 0 aliphatic heterocycles. The Balaban J connectivity index is 2.13. The molecule has 0 aliphatic rings. The standard InChI is InChI=1S/C15H14BrF3N2/c1-2-13(10-3-5-11(16)6-4-10)21-12-7-8-14(20-9-12)15(17,18)19/h3-9,13,21H,2H2,1H3. The molecule has 112 valence electrons. The summed E-state index contributed by atoms with van der Waals surface area (Å²) in [5, 5.41) is 3.20. The Hall–Kier alpha value is -1.56. The average Bonchev–Trinajstić information content (AvgIpc) is 2.45. The van der Waals surface area contributed by atoms with Gasteiger partial charge in [0.25, 0.3) is 0 Å². The van der Waals surface area contributed by atoms with Crippen molar-refractivity contribution in [2.24, 2.45) is 0 Å². The van der Waals surface area contributed by atoms with Crippen LogP contribution in [0.1, 0.15) is 30.6 Å². The monoisotopic (exact) mass is 358 g/mol. The molecule has 0 saturated heterocycles. The van der Waals surface area contributed by atoms with Gasteiger partial charge in [-0.2, -0.15) is 13.2 Å². The third-order valence-corrected chi connectivity index (χ3v) is 3.60. The Labute approximate surface area is 129 Å². The number of anilines is 1. The molecule has 0 saturated carbocycles. The Morgan fingerprint density at radius 1 is 1.14 bits per heavy atom. The molecule has 2 nitrogen and oxygen atoms in total. The van der Waals surface area contributed by atoms with Gasteiger partial charge < -0.3 is 5.32 Å². The molecule has 0 spiro atoms. The molecule has 2 aromatic rings. The number of benzene rings is 1. The van der Waals surface area contributed by atoms with E-state index in [1.54, 1.807) is 0 Å². The van der Waals surface area contributed by atoms with Gasteiger partial charge >= 0.3 is 6.18 Å². The van der Waals surface area contributed by atoms with E-state index in [4.69, 9.17) is 0 Å². The fourth-order valence-corrected chi connectivity index (χ4v) is 2.23. The second-order valence-corrected chi connectivity index (χ2v) is 5.50. The molecule has 1 N–H and O–H groups in total. The van der Waals surface area contributed by atoms with Crippen molar-refractivity contribution in [1.29, 1.82) is 0 Å². The highest BCUT2D eigenvalue weighted by atomic mass is 79.9. The minimum Gasteiger partial charge on any atom is -0.377 e. The number of alkyl halides is 3. The Morgan fingerprint density at radius 2 is 1.81 bits per heavy atom. The number of halogens is 4. The maximum atomic E-state index is 12.5. The molecule has 0 aliphatic carbocycles. The van der Waals surface area contributed by atoms with Crippen molar-refractivity contribution in [3.8, 4) is 0 Å². The van der Waals surface area contributed by atoms with E-state index in [0.29, 0.717) is 5.69 Å². The van der Waals surface area contributed by atoms with Gasteiger partial charge in [0.05, 0.1) is 17.9 Å². The van der Waals surface area contributed by atoms with Crippen LogP contribution in [0.5, 0.6) is 0 Å². The van der Waals surface area contributed by atoms with Gasteiger partial charge in [-0.25, -0.2) is 4.98 Å². The zero-order valence-electron chi connectivity index (χ0n) is 11.3. The van der Waals surface area contributed by atoms with Gasteiger partial charge in [-0.05, 0) is 36.2 Å². The lowest BCUT2D eigenvalue weighted by molar-refractivity contribution is -0.141. The van der Waals surface area contributed by atoms with Crippen molar-refractivity contribution in [2.75, 3.05) is 5.32 Å². The third-order valence-electron chi connectivity index (χ3n) is 3.08. The molecular weight excluding hydrogens is 345 g/mol. The Kier molecular flexibility index (Phi) is 4.88. The van der Waals surface area contributed by atoms with Crippen LogP contribution in [0.2, 0.25) is 0 Å². The topological polar surface area (TPSA) is 24.9 Å². The van der Waals surface area contributed by atoms with Crippen molar-refractivity contribution in [3.63, 3.8) is 0 Å². The van der Waals surface area contributed by atoms with E-state index in [9.17, 15) is 13.2 Å². The smallest absolute Gasteiger partial charge is 0.377 e. The number of pyridine rings is 1. The molecule has 0 amide bonds. The minimum absolute atomic E-state index is 0.0247. The number of aromatic nitrogens is 1. The van der Waals surface area contributed by atoms with Crippen molar-refractivity contribution in [3.05, 3.63) is 58.3 Å². The number of rotatable bonds is 4. The fraction of sp³-hybridized carbons (Fsp3) is 0.267. The Bertz CT molecular complexity index is 579. The molecule has 1 heterocycles. The molecule has 0 bridgehead atoms. The van der Waals surface area contributed by atoms with Crippen LogP contribution in [0.4, 0.5) is 18.9 Å². The first-order valence-electron chi connectivity index (χ1n) is 6.45. The molecule has 0 radical (unpaired) electrons. The molecular formula is C15H14BrF3N2. The van der Waals surface area contributed by atoms with Gasteiger partial charge in [0.15, 0.2) is 0 Å². The fourth-order valence-electron chi connectivity index (χ4n) is 1.96. The third kappa shape index (κ3) is 4.20. The van der Waals surface area contributed by atoms with Crippen LogP contribution in [-0.4, -0.2) is 4.98 Å². The van der Waals surface area contributed by atoms with Crippen LogP contribution in [0, 0.1) is 0 Å². The van der Waals surface area contributed by atoms with Crippen LogP contribution < -0.4 is 5.32 Å². The van der Waals surface area contributed by atoms with Crippen LogP contribution >= 0.6 is 15.9 Å². The summed E-state index contributed by atoms with van der Waals surface area (Å²) in [4.78, 5) is 3.45. The lowest BCUT2D eigenvalue weighted by Gasteiger charge is -2.19. The van der Waals surface area contributed by atoms with Crippen LogP contribution in [0.3, 0.4) is 0 Å². The van der Waals surface area contributed by atoms with E-state index < -0.39 is 11.9 Å². The van der Waals surface area contributed by atoms with E-state index in [1.165, 1.54) is 12.3 Å². The molecule has 1 unspecified atom stereocenters. The van der Waals surface area contributed by atoms with Gasteiger partial charge in [-0.15, -0.1) is 0 Å². The molecule has 0 fully saturated rings. The summed E-state index contributed by atoms with van der Waals surface area (Å²) >= 11 is 3.37. The molecule has 2 rings (SSSR count). The lowest BCUT2D eigenvalue weighted by Crippen LogP contribution is -2.11. The van der Waals surface area contributed by atoms with E-state index in [1.807, 2.05) is 31.2 Å². The zero-order chi connectivity index (χ0) is 15.5. The second-order valence-electron chi connectivity index (χ2n) is 4.59. The molecule has 21 heavy (non-hydrogen) atoms. The number of nitrogens with one attached hydrogen (secondary N) is 1. The summed E-state index contributed by atoms with van der Waals surface area (Å²) in [7, 11) is 0. The quantitative estimate of drug-likeness (QED) is 0.788. The van der Waals surface area contributed by atoms with E-state index in [-0.39, 0.29) is 6.04 Å². The van der Waals surface area contributed by atoms with E-state index in [2.05, 4.69) is 26.2 Å². The number of nitrogens with zero attached hydrogens (tertiary/aromatic N) is 1. The van der Waals surface area contributed by atoms with Crippen LogP contribution in [-0.2, 0) is 6.18 Å².